The van der Waals surface area contributed by atoms with E-state index in [4.69, 9.17) is 15.9 Å². The van der Waals surface area contributed by atoms with Gasteiger partial charge in [0.1, 0.15) is 5.52 Å². The van der Waals surface area contributed by atoms with E-state index in [1.54, 1.807) is 6.26 Å². The molecule has 0 aliphatic heterocycles. The Kier molecular flexibility index (Phi) is 1.21. The summed E-state index contributed by atoms with van der Waals surface area (Å²) in [4.78, 5) is 7.75. The van der Waals surface area contributed by atoms with Crippen molar-refractivity contribution >= 4 is 22.9 Å². The number of aromatic nitrogens is 2. The maximum Gasteiger partial charge on any atom is 0.222 e. The van der Waals surface area contributed by atoms with E-state index in [0.29, 0.717) is 11.1 Å². The van der Waals surface area contributed by atoms with Crippen LogP contribution >= 0.6 is 0 Å². The van der Waals surface area contributed by atoms with Crippen LogP contribution in [0.15, 0.2) is 10.7 Å². The first-order chi connectivity index (χ1) is 5.68. The number of hydrogen-bond donors (Lipinski definition) is 2. The third-order valence-corrected chi connectivity index (χ3v) is 1.64. The highest BCUT2D eigenvalue weighted by Gasteiger charge is 2.08. The highest BCUT2D eigenvalue weighted by atomic mass is 16.3. The second kappa shape index (κ2) is 2.10. The van der Waals surface area contributed by atoms with Crippen LogP contribution in [0, 0.1) is 6.92 Å². The molecule has 0 radical (unpaired) electrons. The SMILES string of the molecule is Cc1coc2c(N)nc(N)nc12. The first-order valence-corrected chi connectivity index (χ1v) is 3.45. The minimum Gasteiger partial charge on any atom is -0.458 e. The van der Waals surface area contributed by atoms with Crippen molar-refractivity contribution < 1.29 is 4.42 Å². The molecule has 62 valence electrons. The van der Waals surface area contributed by atoms with E-state index in [-0.39, 0.29) is 11.8 Å². The van der Waals surface area contributed by atoms with Gasteiger partial charge >= 0.3 is 0 Å². The van der Waals surface area contributed by atoms with Crippen molar-refractivity contribution in [3.8, 4) is 0 Å². The van der Waals surface area contributed by atoms with Crippen LogP contribution in [0.5, 0.6) is 0 Å². The van der Waals surface area contributed by atoms with Gasteiger partial charge in [0.25, 0.3) is 0 Å². The predicted molar refractivity (Wildman–Crippen MR) is 45.4 cm³/mol. The van der Waals surface area contributed by atoms with Gasteiger partial charge in [-0.25, -0.2) is 4.98 Å². The molecular weight excluding hydrogens is 156 g/mol. The zero-order valence-electron chi connectivity index (χ0n) is 6.53. The van der Waals surface area contributed by atoms with Gasteiger partial charge in [-0.3, -0.25) is 0 Å². The van der Waals surface area contributed by atoms with Crippen LogP contribution in [-0.2, 0) is 0 Å². The van der Waals surface area contributed by atoms with E-state index in [1.807, 2.05) is 6.92 Å². The second-order valence-electron chi connectivity index (χ2n) is 2.56. The molecule has 0 unspecified atom stereocenters. The highest BCUT2D eigenvalue weighted by Crippen LogP contribution is 2.22. The minimum absolute atomic E-state index is 0.171. The molecule has 0 aliphatic carbocycles. The van der Waals surface area contributed by atoms with Crippen molar-refractivity contribution in [2.75, 3.05) is 11.5 Å². The molecule has 0 aromatic carbocycles. The summed E-state index contributed by atoms with van der Waals surface area (Å²) in [7, 11) is 0. The third-order valence-electron chi connectivity index (χ3n) is 1.64. The Morgan fingerprint density at radius 1 is 1.33 bits per heavy atom. The average Bonchev–Trinajstić information content (AvgIpc) is 2.33. The number of anilines is 2. The first-order valence-electron chi connectivity index (χ1n) is 3.45. The molecule has 0 saturated carbocycles. The molecule has 12 heavy (non-hydrogen) atoms. The Morgan fingerprint density at radius 3 is 2.83 bits per heavy atom. The maximum absolute atomic E-state index is 5.55. The predicted octanol–water partition coefficient (Wildman–Crippen LogP) is 0.696. The lowest BCUT2D eigenvalue weighted by atomic mass is 10.3. The third kappa shape index (κ3) is 0.795. The van der Waals surface area contributed by atoms with Crippen molar-refractivity contribution in [1.29, 1.82) is 0 Å². The molecule has 0 spiro atoms. The van der Waals surface area contributed by atoms with Gasteiger partial charge in [0.05, 0.1) is 6.26 Å². The fourth-order valence-corrected chi connectivity index (χ4v) is 1.07. The molecule has 0 bridgehead atoms. The summed E-state index contributed by atoms with van der Waals surface area (Å²) in [6.07, 6.45) is 1.58. The lowest BCUT2D eigenvalue weighted by Crippen LogP contribution is -1.99. The molecule has 2 aromatic heterocycles. The Labute approximate surface area is 68.4 Å². The normalized spacial score (nSPS) is 10.8. The number of hydrogen-bond acceptors (Lipinski definition) is 5. The average molecular weight is 164 g/mol. The summed E-state index contributed by atoms with van der Waals surface area (Å²) >= 11 is 0. The summed E-state index contributed by atoms with van der Waals surface area (Å²) < 4.78 is 5.13. The Bertz CT molecular complexity index is 434. The fourth-order valence-electron chi connectivity index (χ4n) is 1.07. The van der Waals surface area contributed by atoms with E-state index >= 15 is 0 Å². The van der Waals surface area contributed by atoms with Gasteiger partial charge in [-0.1, -0.05) is 0 Å². The van der Waals surface area contributed by atoms with Gasteiger partial charge in [-0.2, -0.15) is 4.98 Å². The van der Waals surface area contributed by atoms with Crippen LogP contribution < -0.4 is 11.5 Å². The van der Waals surface area contributed by atoms with Crippen molar-refractivity contribution in [2.45, 2.75) is 6.92 Å². The molecule has 5 heteroatoms. The van der Waals surface area contributed by atoms with E-state index in [2.05, 4.69) is 9.97 Å². The number of aryl methyl sites for hydroxylation is 1. The molecule has 2 heterocycles. The number of nitrogens with two attached hydrogens (primary N) is 2. The summed E-state index contributed by atoms with van der Waals surface area (Å²) in [5, 5.41) is 0. The zero-order valence-corrected chi connectivity index (χ0v) is 6.53. The van der Waals surface area contributed by atoms with Crippen LogP contribution in [0.4, 0.5) is 11.8 Å². The van der Waals surface area contributed by atoms with Gasteiger partial charge in [-0.15, -0.1) is 0 Å². The summed E-state index contributed by atoms with van der Waals surface area (Å²) in [6, 6.07) is 0. The summed E-state index contributed by atoms with van der Waals surface area (Å²) in [5.41, 5.74) is 13.0. The molecular formula is C7H8N4O. The largest absolute Gasteiger partial charge is 0.458 e. The second-order valence-corrected chi connectivity index (χ2v) is 2.56. The number of furan rings is 1. The van der Waals surface area contributed by atoms with E-state index in [0.717, 1.165) is 5.56 Å². The number of nitrogens with zero attached hydrogens (tertiary/aromatic N) is 2. The molecule has 0 fully saturated rings. The molecule has 0 atom stereocenters. The van der Waals surface area contributed by atoms with E-state index in [1.165, 1.54) is 0 Å². The first kappa shape index (κ1) is 6.90. The quantitative estimate of drug-likeness (QED) is 0.597. The molecule has 4 N–H and O–H groups in total. The van der Waals surface area contributed by atoms with Crippen LogP contribution in [0.25, 0.3) is 11.1 Å². The van der Waals surface area contributed by atoms with Gasteiger partial charge in [-0.05, 0) is 6.92 Å². The molecule has 0 saturated heterocycles. The molecule has 0 aliphatic rings. The van der Waals surface area contributed by atoms with Gasteiger partial charge in [0, 0.05) is 5.56 Å². The van der Waals surface area contributed by atoms with Crippen LogP contribution in [-0.4, -0.2) is 9.97 Å². The summed E-state index contributed by atoms with van der Waals surface area (Å²) in [5.74, 6) is 0.454. The van der Waals surface area contributed by atoms with Gasteiger partial charge < -0.3 is 15.9 Å². The maximum atomic E-state index is 5.55. The molecule has 2 aromatic rings. The number of nitrogen functional groups attached to an aromatic ring is 2. The highest BCUT2D eigenvalue weighted by molar-refractivity contribution is 5.85. The van der Waals surface area contributed by atoms with Crippen molar-refractivity contribution in [3.05, 3.63) is 11.8 Å². The Morgan fingerprint density at radius 2 is 2.08 bits per heavy atom. The molecule has 0 amide bonds. The zero-order chi connectivity index (χ0) is 8.72. The van der Waals surface area contributed by atoms with Gasteiger partial charge in [0.15, 0.2) is 11.4 Å². The summed E-state index contributed by atoms with van der Waals surface area (Å²) in [6.45, 7) is 1.87. The van der Waals surface area contributed by atoms with Crippen LogP contribution in [0.2, 0.25) is 0 Å². The van der Waals surface area contributed by atoms with Crippen molar-refractivity contribution in [2.24, 2.45) is 0 Å². The Balaban J connectivity index is 2.92. The van der Waals surface area contributed by atoms with Gasteiger partial charge in [0.2, 0.25) is 5.95 Å². The standard InChI is InChI=1S/C7H8N4O/c1-3-2-12-5-4(3)10-7(9)11-6(5)8/h2H,1H3,(H4,8,9,10,11). The van der Waals surface area contributed by atoms with Crippen LogP contribution in [0.1, 0.15) is 5.56 Å². The smallest absolute Gasteiger partial charge is 0.222 e. The topological polar surface area (TPSA) is 91.0 Å². The van der Waals surface area contributed by atoms with Crippen LogP contribution in [0.3, 0.4) is 0 Å². The molecule has 5 nitrogen and oxygen atoms in total. The lowest BCUT2D eigenvalue weighted by molar-refractivity contribution is 0.612. The van der Waals surface area contributed by atoms with E-state index < -0.39 is 0 Å². The molecule has 2 rings (SSSR count). The van der Waals surface area contributed by atoms with E-state index in [9.17, 15) is 0 Å². The lowest BCUT2D eigenvalue weighted by Gasteiger charge is -1.95. The monoisotopic (exact) mass is 164 g/mol. The minimum atomic E-state index is 0.171. The number of fused-ring (bicyclic) bond motifs is 1. The van der Waals surface area contributed by atoms with Crippen molar-refractivity contribution in [1.82, 2.24) is 9.97 Å². The van der Waals surface area contributed by atoms with Crippen molar-refractivity contribution in [3.63, 3.8) is 0 Å². The number of rotatable bonds is 0. The Hall–Kier alpha value is -1.78. The fraction of sp³-hybridized carbons (Fsp3) is 0.143.